The molecule has 0 saturated carbocycles. The van der Waals surface area contributed by atoms with Gasteiger partial charge in [-0.3, -0.25) is 9.36 Å². The van der Waals surface area contributed by atoms with Gasteiger partial charge in [0, 0.05) is 12.2 Å². The van der Waals surface area contributed by atoms with Crippen molar-refractivity contribution in [2.24, 2.45) is 5.92 Å². The first-order chi connectivity index (χ1) is 15.4. The number of esters is 1. The molecule has 32 heavy (non-hydrogen) atoms. The lowest BCUT2D eigenvalue weighted by atomic mass is 10.1. The predicted molar refractivity (Wildman–Crippen MR) is 124 cm³/mol. The largest absolute Gasteiger partial charge is 0.465 e. The number of nitrogens with one attached hydrogen (secondary N) is 1. The van der Waals surface area contributed by atoms with Crippen molar-refractivity contribution >= 4 is 39.9 Å². The molecule has 164 valence electrons. The summed E-state index contributed by atoms with van der Waals surface area (Å²) < 4.78 is 6.46. The minimum atomic E-state index is -0.433. The number of nitrogen functional groups attached to an aromatic ring is 1. The number of hydrogen-bond donors (Lipinski definition) is 2. The van der Waals surface area contributed by atoms with E-state index in [0.29, 0.717) is 51.5 Å². The van der Waals surface area contributed by atoms with Crippen LogP contribution in [0.15, 0.2) is 48.5 Å². The number of benzene rings is 2. The van der Waals surface area contributed by atoms with Gasteiger partial charge in [-0.25, -0.2) is 14.8 Å². The lowest BCUT2D eigenvalue weighted by molar-refractivity contribution is 0.0600. The third-order valence-electron chi connectivity index (χ3n) is 5.28. The number of methoxy groups -OCH3 is 1. The molecular formula is C24H25N5O3. The standard InChI is InChI=1S/C24H25N5O3/c1-14(2)12-13-26-23(30)19-20-22(28-18-7-5-4-6-17(18)27-20)29(21(19)25)16-10-8-15(9-11-16)24(31)32-3/h4-11,14H,12-13,25H2,1-3H3,(H,26,30). The molecular weight excluding hydrogens is 406 g/mol. The smallest absolute Gasteiger partial charge is 0.337 e. The van der Waals surface area contributed by atoms with Crippen LogP contribution in [0.4, 0.5) is 5.82 Å². The molecule has 0 atom stereocenters. The molecule has 0 spiro atoms. The molecule has 8 heteroatoms. The molecule has 8 nitrogen and oxygen atoms in total. The van der Waals surface area contributed by atoms with E-state index in [4.69, 9.17) is 20.4 Å². The second-order valence-electron chi connectivity index (χ2n) is 7.96. The maximum absolute atomic E-state index is 13.1. The zero-order chi connectivity index (χ0) is 22.8. The second-order valence-corrected chi connectivity index (χ2v) is 7.96. The summed E-state index contributed by atoms with van der Waals surface area (Å²) in [5, 5.41) is 2.95. The molecule has 0 aliphatic rings. The SMILES string of the molecule is COC(=O)c1ccc(-n2c(N)c(C(=O)NCCC(C)C)c3nc4ccccc4nc32)cc1. The molecule has 0 fully saturated rings. The first-order valence-electron chi connectivity index (χ1n) is 10.4. The van der Waals surface area contributed by atoms with Crippen LogP contribution in [0, 0.1) is 5.92 Å². The Bertz CT molecular complexity index is 1310. The predicted octanol–water partition coefficient (Wildman–Crippen LogP) is 3.72. The van der Waals surface area contributed by atoms with Crippen molar-refractivity contribution in [2.75, 3.05) is 19.4 Å². The normalized spacial score (nSPS) is 11.2. The van der Waals surface area contributed by atoms with Gasteiger partial charge in [-0.15, -0.1) is 0 Å². The highest BCUT2D eigenvalue weighted by Crippen LogP contribution is 2.31. The minimum Gasteiger partial charge on any atom is -0.465 e. The molecule has 0 bridgehead atoms. The quantitative estimate of drug-likeness (QED) is 0.450. The highest BCUT2D eigenvalue weighted by Gasteiger charge is 2.24. The Morgan fingerprint density at radius 2 is 1.72 bits per heavy atom. The van der Waals surface area contributed by atoms with Crippen molar-refractivity contribution in [2.45, 2.75) is 20.3 Å². The highest BCUT2D eigenvalue weighted by atomic mass is 16.5. The Kier molecular flexibility index (Phi) is 5.77. The summed E-state index contributed by atoms with van der Waals surface area (Å²) in [7, 11) is 1.33. The van der Waals surface area contributed by atoms with Crippen LogP contribution >= 0.6 is 0 Å². The van der Waals surface area contributed by atoms with Crippen molar-refractivity contribution in [3.63, 3.8) is 0 Å². The Balaban J connectivity index is 1.88. The minimum absolute atomic E-state index is 0.239. The molecule has 4 rings (SSSR count). The number of fused-ring (bicyclic) bond motifs is 2. The summed E-state index contributed by atoms with van der Waals surface area (Å²) in [6.07, 6.45) is 0.855. The zero-order valence-corrected chi connectivity index (χ0v) is 18.3. The van der Waals surface area contributed by atoms with E-state index < -0.39 is 5.97 Å². The van der Waals surface area contributed by atoms with Gasteiger partial charge in [0.2, 0.25) is 0 Å². The summed E-state index contributed by atoms with van der Waals surface area (Å²) in [5.74, 6) is -0.0187. The number of anilines is 1. The van der Waals surface area contributed by atoms with Crippen LogP contribution < -0.4 is 11.1 Å². The number of para-hydroxylation sites is 2. The summed E-state index contributed by atoms with van der Waals surface area (Å²) in [4.78, 5) is 34.3. The summed E-state index contributed by atoms with van der Waals surface area (Å²) in [6.45, 7) is 4.74. The number of amides is 1. The summed E-state index contributed by atoms with van der Waals surface area (Å²) >= 11 is 0. The number of nitrogens with two attached hydrogens (primary N) is 1. The van der Waals surface area contributed by atoms with Crippen LogP contribution in [-0.4, -0.2) is 40.1 Å². The third-order valence-corrected chi connectivity index (χ3v) is 5.28. The van der Waals surface area contributed by atoms with Gasteiger partial charge >= 0.3 is 5.97 Å². The molecule has 0 aliphatic heterocycles. The van der Waals surface area contributed by atoms with Gasteiger partial charge in [0.1, 0.15) is 16.9 Å². The Labute approximate surface area is 185 Å². The Hall–Kier alpha value is -3.94. The van der Waals surface area contributed by atoms with Gasteiger partial charge in [0.25, 0.3) is 5.91 Å². The fourth-order valence-corrected chi connectivity index (χ4v) is 3.57. The molecule has 2 aromatic heterocycles. The van der Waals surface area contributed by atoms with Crippen LogP contribution in [0.2, 0.25) is 0 Å². The van der Waals surface area contributed by atoms with E-state index >= 15 is 0 Å². The molecule has 1 amide bonds. The first-order valence-corrected chi connectivity index (χ1v) is 10.4. The molecule has 2 heterocycles. The van der Waals surface area contributed by atoms with Crippen LogP contribution in [-0.2, 0) is 4.74 Å². The van der Waals surface area contributed by atoms with Gasteiger partial charge < -0.3 is 15.8 Å². The zero-order valence-electron chi connectivity index (χ0n) is 18.3. The maximum atomic E-state index is 13.1. The molecule has 0 radical (unpaired) electrons. The Morgan fingerprint density at radius 3 is 2.34 bits per heavy atom. The van der Waals surface area contributed by atoms with Crippen LogP contribution in [0.5, 0.6) is 0 Å². The van der Waals surface area contributed by atoms with E-state index in [1.54, 1.807) is 28.8 Å². The number of rotatable bonds is 6. The van der Waals surface area contributed by atoms with Crippen LogP contribution in [0.3, 0.4) is 0 Å². The van der Waals surface area contributed by atoms with Crippen molar-refractivity contribution < 1.29 is 14.3 Å². The van der Waals surface area contributed by atoms with Gasteiger partial charge in [-0.1, -0.05) is 26.0 Å². The molecule has 3 N–H and O–H groups in total. The summed E-state index contributed by atoms with van der Waals surface area (Å²) in [5.41, 5.74) is 10.1. The van der Waals surface area contributed by atoms with Gasteiger partial charge in [0.05, 0.1) is 23.7 Å². The van der Waals surface area contributed by atoms with Crippen LogP contribution in [0.25, 0.3) is 27.9 Å². The number of ether oxygens (including phenoxy) is 1. The van der Waals surface area contributed by atoms with Gasteiger partial charge in [-0.2, -0.15) is 0 Å². The topological polar surface area (TPSA) is 112 Å². The van der Waals surface area contributed by atoms with Crippen molar-refractivity contribution in [1.29, 1.82) is 0 Å². The molecule has 0 aliphatic carbocycles. The number of carbonyl (C=O) groups excluding carboxylic acids is 2. The van der Waals surface area contributed by atoms with Crippen molar-refractivity contribution in [3.8, 4) is 5.69 Å². The van der Waals surface area contributed by atoms with E-state index in [9.17, 15) is 9.59 Å². The molecule has 4 aromatic rings. The monoisotopic (exact) mass is 431 g/mol. The number of hydrogen-bond acceptors (Lipinski definition) is 6. The first kappa shape index (κ1) is 21.3. The Morgan fingerprint density at radius 1 is 1.06 bits per heavy atom. The lowest BCUT2D eigenvalue weighted by Crippen LogP contribution is -2.26. The average Bonchev–Trinajstić information content (AvgIpc) is 3.07. The molecule has 0 saturated heterocycles. The van der Waals surface area contributed by atoms with E-state index in [0.717, 1.165) is 6.42 Å². The highest BCUT2D eigenvalue weighted by molar-refractivity contribution is 6.11. The van der Waals surface area contributed by atoms with Crippen molar-refractivity contribution in [3.05, 3.63) is 59.7 Å². The number of nitrogens with zero attached hydrogens (tertiary/aromatic N) is 3. The molecule has 2 aromatic carbocycles. The number of aromatic nitrogens is 3. The van der Waals surface area contributed by atoms with E-state index in [1.165, 1.54) is 7.11 Å². The third kappa shape index (κ3) is 3.87. The van der Waals surface area contributed by atoms with E-state index in [2.05, 4.69) is 19.2 Å². The van der Waals surface area contributed by atoms with E-state index in [1.807, 2.05) is 24.3 Å². The van der Waals surface area contributed by atoms with Crippen molar-refractivity contribution in [1.82, 2.24) is 19.9 Å². The second kappa shape index (κ2) is 8.66. The molecule has 0 unspecified atom stereocenters. The maximum Gasteiger partial charge on any atom is 0.337 e. The van der Waals surface area contributed by atoms with E-state index in [-0.39, 0.29) is 11.7 Å². The average molecular weight is 431 g/mol. The fourth-order valence-electron chi connectivity index (χ4n) is 3.57. The fraction of sp³-hybridized carbons (Fsp3) is 0.250. The lowest BCUT2D eigenvalue weighted by Gasteiger charge is -2.09. The summed E-state index contributed by atoms with van der Waals surface area (Å²) in [6, 6.07) is 14.2. The number of carbonyl (C=O) groups is 2. The van der Waals surface area contributed by atoms with Gasteiger partial charge in [0.15, 0.2) is 5.65 Å². The van der Waals surface area contributed by atoms with Crippen LogP contribution in [0.1, 0.15) is 41.0 Å². The van der Waals surface area contributed by atoms with Gasteiger partial charge in [-0.05, 0) is 48.7 Å².